The average molecular weight is 307 g/mol. The van der Waals surface area contributed by atoms with Crippen LogP contribution in [0.3, 0.4) is 0 Å². The molecular formula is C17H16ClFO2. The van der Waals surface area contributed by atoms with Crippen LogP contribution in [-0.4, -0.2) is 11.1 Å². The Morgan fingerprint density at radius 1 is 1.19 bits per heavy atom. The lowest BCUT2D eigenvalue weighted by Crippen LogP contribution is -2.20. The number of carbonyl (C=O) groups is 1. The molecule has 0 aliphatic heterocycles. The molecule has 0 heterocycles. The van der Waals surface area contributed by atoms with E-state index in [1.54, 1.807) is 6.07 Å². The van der Waals surface area contributed by atoms with Gasteiger partial charge in [-0.1, -0.05) is 47.5 Å². The van der Waals surface area contributed by atoms with Gasteiger partial charge in [0.2, 0.25) is 0 Å². The third kappa shape index (κ3) is 4.05. The molecule has 1 atom stereocenters. The van der Waals surface area contributed by atoms with E-state index < -0.39 is 17.7 Å². The number of halogens is 2. The molecule has 0 spiro atoms. The Balaban J connectivity index is 2.20. The minimum Gasteiger partial charge on any atom is -0.481 e. The van der Waals surface area contributed by atoms with Crippen LogP contribution in [0, 0.1) is 18.7 Å². The van der Waals surface area contributed by atoms with Crippen molar-refractivity contribution in [1.29, 1.82) is 0 Å². The zero-order chi connectivity index (χ0) is 15.4. The number of carboxylic acids is 1. The van der Waals surface area contributed by atoms with Gasteiger partial charge in [0.15, 0.2) is 0 Å². The van der Waals surface area contributed by atoms with E-state index in [9.17, 15) is 14.3 Å². The maximum atomic E-state index is 13.8. The smallest absolute Gasteiger partial charge is 0.307 e. The van der Waals surface area contributed by atoms with E-state index in [0.29, 0.717) is 6.42 Å². The van der Waals surface area contributed by atoms with E-state index >= 15 is 0 Å². The Morgan fingerprint density at radius 2 is 1.86 bits per heavy atom. The molecule has 0 aromatic heterocycles. The number of rotatable bonds is 5. The first kappa shape index (κ1) is 15.5. The Labute approximate surface area is 128 Å². The summed E-state index contributed by atoms with van der Waals surface area (Å²) in [6.07, 6.45) is 0.426. The van der Waals surface area contributed by atoms with Crippen molar-refractivity contribution in [3.8, 4) is 0 Å². The fourth-order valence-electron chi connectivity index (χ4n) is 2.23. The molecule has 2 aromatic carbocycles. The van der Waals surface area contributed by atoms with Gasteiger partial charge in [0.25, 0.3) is 0 Å². The number of hydrogen-bond donors (Lipinski definition) is 1. The molecule has 4 heteroatoms. The second-order valence-corrected chi connectivity index (χ2v) is 5.54. The number of carboxylic acid groups (broad SMARTS) is 1. The first-order valence-electron chi connectivity index (χ1n) is 6.68. The van der Waals surface area contributed by atoms with E-state index in [1.165, 1.54) is 12.1 Å². The maximum absolute atomic E-state index is 13.8. The second-order valence-electron chi connectivity index (χ2n) is 5.13. The highest BCUT2D eigenvalue weighted by Gasteiger charge is 2.21. The Bertz CT molecular complexity index is 617. The number of benzene rings is 2. The fraction of sp³-hybridized carbons (Fsp3) is 0.235. The molecule has 0 aliphatic rings. The van der Waals surface area contributed by atoms with Crippen molar-refractivity contribution >= 4 is 17.6 Å². The van der Waals surface area contributed by atoms with Gasteiger partial charge in [0, 0.05) is 10.6 Å². The lowest BCUT2D eigenvalue weighted by atomic mass is 9.92. The molecule has 1 unspecified atom stereocenters. The molecule has 0 saturated heterocycles. The summed E-state index contributed by atoms with van der Waals surface area (Å²) >= 11 is 5.97. The largest absolute Gasteiger partial charge is 0.481 e. The van der Waals surface area contributed by atoms with E-state index in [4.69, 9.17) is 11.6 Å². The van der Waals surface area contributed by atoms with Gasteiger partial charge < -0.3 is 5.11 Å². The van der Waals surface area contributed by atoms with Crippen molar-refractivity contribution in [2.45, 2.75) is 19.8 Å². The van der Waals surface area contributed by atoms with Gasteiger partial charge in [-0.25, -0.2) is 4.39 Å². The fourth-order valence-corrected chi connectivity index (χ4v) is 2.47. The molecule has 0 amide bonds. The lowest BCUT2D eigenvalue weighted by Gasteiger charge is -2.14. The van der Waals surface area contributed by atoms with Gasteiger partial charge in [-0.15, -0.1) is 0 Å². The summed E-state index contributed by atoms with van der Waals surface area (Å²) in [7, 11) is 0. The van der Waals surface area contributed by atoms with Crippen LogP contribution < -0.4 is 0 Å². The molecule has 0 aliphatic carbocycles. The van der Waals surface area contributed by atoms with E-state index in [2.05, 4.69) is 0 Å². The standard InChI is InChI=1S/C17H16ClFO2/c1-11-5-7-12(8-6-11)9-13(17(20)21)10-14-15(18)3-2-4-16(14)19/h2-8,13H,9-10H2,1H3,(H,20,21). The van der Waals surface area contributed by atoms with Crippen LogP contribution in [0.1, 0.15) is 16.7 Å². The molecule has 1 N–H and O–H groups in total. The van der Waals surface area contributed by atoms with Crippen molar-refractivity contribution in [2.24, 2.45) is 5.92 Å². The van der Waals surface area contributed by atoms with E-state index in [0.717, 1.165) is 11.1 Å². The molecule has 2 aromatic rings. The Hall–Kier alpha value is -1.87. The summed E-state index contributed by atoms with van der Waals surface area (Å²) in [5.74, 6) is -2.12. The van der Waals surface area contributed by atoms with Gasteiger partial charge in [0.1, 0.15) is 5.82 Å². The van der Waals surface area contributed by atoms with Crippen LogP contribution in [0.25, 0.3) is 0 Å². The highest BCUT2D eigenvalue weighted by molar-refractivity contribution is 6.31. The number of aryl methyl sites for hydroxylation is 1. The Kier molecular flexibility index (Phi) is 4.97. The van der Waals surface area contributed by atoms with Gasteiger partial charge in [0.05, 0.1) is 5.92 Å². The quantitative estimate of drug-likeness (QED) is 0.895. The summed E-state index contributed by atoms with van der Waals surface area (Å²) < 4.78 is 13.8. The van der Waals surface area contributed by atoms with Crippen LogP contribution in [-0.2, 0) is 17.6 Å². The predicted octanol–water partition coefficient (Wildman–Crippen LogP) is 4.27. The SMILES string of the molecule is Cc1ccc(CC(Cc2c(F)cccc2Cl)C(=O)O)cc1. The molecular weight excluding hydrogens is 291 g/mol. The highest BCUT2D eigenvalue weighted by Crippen LogP contribution is 2.24. The van der Waals surface area contributed by atoms with Crippen LogP contribution in [0.4, 0.5) is 4.39 Å². The van der Waals surface area contributed by atoms with Crippen molar-refractivity contribution in [2.75, 3.05) is 0 Å². The molecule has 0 saturated carbocycles. The van der Waals surface area contributed by atoms with E-state index in [-0.39, 0.29) is 17.0 Å². The van der Waals surface area contributed by atoms with Crippen LogP contribution >= 0.6 is 11.6 Å². The lowest BCUT2D eigenvalue weighted by molar-refractivity contribution is -0.141. The second kappa shape index (κ2) is 6.72. The monoisotopic (exact) mass is 306 g/mol. The predicted molar refractivity (Wildman–Crippen MR) is 81.1 cm³/mol. The summed E-state index contributed by atoms with van der Waals surface area (Å²) in [6, 6.07) is 12.0. The molecule has 2 nitrogen and oxygen atoms in total. The van der Waals surface area contributed by atoms with Gasteiger partial charge in [-0.2, -0.15) is 0 Å². The number of aliphatic carboxylic acids is 1. The first-order chi connectivity index (χ1) is 9.97. The zero-order valence-electron chi connectivity index (χ0n) is 11.6. The van der Waals surface area contributed by atoms with Gasteiger partial charge in [-0.05, 0) is 37.5 Å². The summed E-state index contributed by atoms with van der Waals surface area (Å²) in [5.41, 5.74) is 2.29. The topological polar surface area (TPSA) is 37.3 Å². The summed E-state index contributed by atoms with van der Waals surface area (Å²) in [4.78, 5) is 11.4. The molecule has 0 bridgehead atoms. The van der Waals surface area contributed by atoms with Crippen molar-refractivity contribution < 1.29 is 14.3 Å². The van der Waals surface area contributed by atoms with Crippen molar-refractivity contribution in [1.82, 2.24) is 0 Å². The molecule has 0 radical (unpaired) electrons. The van der Waals surface area contributed by atoms with Crippen LogP contribution in [0.5, 0.6) is 0 Å². The molecule has 21 heavy (non-hydrogen) atoms. The third-order valence-corrected chi connectivity index (χ3v) is 3.82. The van der Waals surface area contributed by atoms with Crippen molar-refractivity contribution in [3.63, 3.8) is 0 Å². The van der Waals surface area contributed by atoms with Gasteiger partial charge in [-0.3, -0.25) is 4.79 Å². The van der Waals surface area contributed by atoms with E-state index in [1.807, 2.05) is 31.2 Å². The van der Waals surface area contributed by atoms with Crippen LogP contribution in [0.2, 0.25) is 5.02 Å². The highest BCUT2D eigenvalue weighted by atomic mass is 35.5. The molecule has 110 valence electrons. The minimum atomic E-state index is -0.949. The minimum absolute atomic E-state index is 0.0781. The van der Waals surface area contributed by atoms with Gasteiger partial charge >= 0.3 is 5.97 Å². The van der Waals surface area contributed by atoms with Crippen LogP contribution in [0.15, 0.2) is 42.5 Å². The normalized spacial score (nSPS) is 12.1. The average Bonchev–Trinajstić information content (AvgIpc) is 2.43. The summed E-state index contributed by atoms with van der Waals surface area (Å²) in [5, 5.41) is 9.64. The maximum Gasteiger partial charge on any atom is 0.307 e. The molecule has 2 rings (SSSR count). The first-order valence-corrected chi connectivity index (χ1v) is 7.06. The zero-order valence-corrected chi connectivity index (χ0v) is 12.4. The summed E-state index contributed by atoms with van der Waals surface area (Å²) in [6.45, 7) is 1.97. The molecule has 0 fully saturated rings. The number of hydrogen-bond acceptors (Lipinski definition) is 1. The van der Waals surface area contributed by atoms with Crippen molar-refractivity contribution in [3.05, 3.63) is 70.0 Å². The Morgan fingerprint density at radius 3 is 2.43 bits per heavy atom. The third-order valence-electron chi connectivity index (χ3n) is 3.46.